The Kier molecular flexibility index (Phi) is 20.4. The van der Waals surface area contributed by atoms with E-state index in [2.05, 4.69) is 243 Å². The standard InChI is InChI=1S/2C27H26P2.2O.Re/c2*1-5-14-24(15-6-1)28(25-16-7-2-8-17-25)22-13-23-29(26-18-9-3-10-19-26)27-20-11-4-12-21-27;;;/h2*1-12,14-21H,13,22-23H2;;;/p+4. The fraction of sp³-hybridized carbons (Fsp3) is 0.111. The van der Waals surface area contributed by atoms with Crippen LogP contribution < -0.4 is 42.4 Å². The Morgan fingerprint density at radius 2 is 0.344 bits per heavy atom. The zero-order chi connectivity index (χ0) is 42.2. The Bertz CT molecular complexity index is 1900. The molecule has 8 aromatic rings. The molecule has 0 amide bonds. The number of hydrogen-bond acceptors (Lipinski definition) is 2. The summed E-state index contributed by atoms with van der Waals surface area (Å²) in [5, 5.41) is 12.2. The van der Waals surface area contributed by atoms with E-state index in [0.29, 0.717) is 0 Å². The Hall–Kier alpha value is -4.26. The molecular weight excluding hydrogens is 991 g/mol. The van der Waals surface area contributed by atoms with Gasteiger partial charge in [-0.3, -0.25) is 0 Å². The van der Waals surface area contributed by atoms with Gasteiger partial charge >= 0.3 is 24.8 Å². The van der Waals surface area contributed by atoms with Gasteiger partial charge in [0.1, 0.15) is 0 Å². The zero-order valence-corrected chi connectivity index (χ0v) is 41.2. The molecule has 7 heteroatoms. The summed E-state index contributed by atoms with van der Waals surface area (Å²) in [7, 11) is -2.97. The summed E-state index contributed by atoms with van der Waals surface area (Å²) in [4.78, 5) is 0. The first-order valence-electron chi connectivity index (χ1n) is 21.0. The van der Waals surface area contributed by atoms with E-state index in [1.54, 1.807) is 0 Å². The number of hydrogen-bond donors (Lipinski definition) is 0. The minimum atomic E-state index is -2.17. The third-order valence-electron chi connectivity index (χ3n) is 10.7. The Morgan fingerprint density at radius 1 is 0.230 bits per heavy atom. The minimum Gasteiger partial charge on any atom is -0.0620 e. The molecule has 8 aromatic carbocycles. The van der Waals surface area contributed by atoms with Crippen LogP contribution >= 0.6 is 31.7 Å². The Balaban J connectivity index is 0.000000192. The summed E-state index contributed by atoms with van der Waals surface area (Å²) in [6.07, 6.45) is 7.68. The van der Waals surface area contributed by atoms with Crippen LogP contribution in [-0.4, -0.2) is 24.6 Å². The van der Waals surface area contributed by atoms with Gasteiger partial charge in [-0.25, -0.2) is 0 Å². The van der Waals surface area contributed by atoms with Crippen molar-refractivity contribution in [1.82, 2.24) is 0 Å². The molecule has 0 saturated heterocycles. The smallest absolute Gasteiger partial charge is 0.0620 e. The number of benzene rings is 8. The van der Waals surface area contributed by atoms with Gasteiger partial charge in [-0.15, -0.1) is 0 Å². The van der Waals surface area contributed by atoms with Crippen molar-refractivity contribution in [2.24, 2.45) is 0 Å². The SMILES string of the molecule is [O]=[Re]=[O].c1ccc([PH+](CCC[PH+](c2ccccc2)c2ccccc2)c2ccccc2)cc1.c1ccc([PH+](CCC[PH+](c2ccccc2)c2ccccc2)c2ccccc2)cc1. The van der Waals surface area contributed by atoms with Crippen molar-refractivity contribution in [3.05, 3.63) is 243 Å². The van der Waals surface area contributed by atoms with Crippen molar-refractivity contribution in [3.63, 3.8) is 0 Å². The van der Waals surface area contributed by atoms with Crippen LogP contribution in [0.3, 0.4) is 0 Å². The molecule has 0 aliphatic rings. The van der Waals surface area contributed by atoms with Gasteiger partial charge in [-0.05, 0) is 97.1 Å². The molecule has 8 rings (SSSR count). The van der Waals surface area contributed by atoms with Crippen molar-refractivity contribution in [2.45, 2.75) is 12.8 Å². The van der Waals surface area contributed by atoms with Crippen LogP contribution in [0.4, 0.5) is 0 Å². The van der Waals surface area contributed by atoms with Gasteiger partial charge in [0, 0.05) is 12.8 Å². The van der Waals surface area contributed by atoms with Crippen molar-refractivity contribution < 1.29 is 24.8 Å². The summed E-state index contributed by atoms with van der Waals surface area (Å²) >= 11 is -2.17. The molecule has 0 aliphatic carbocycles. The third-order valence-corrected chi connectivity index (χ3v) is 22.3. The van der Waals surface area contributed by atoms with Crippen LogP contribution in [0.15, 0.2) is 243 Å². The zero-order valence-electron chi connectivity index (χ0n) is 34.5. The average molecular weight is 1050 g/mol. The van der Waals surface area contributed by atoms with E-state index in [4.69, 9.17) is 6.94 Å². The maximum absolute atomic E-state index is 8.53. The minimum absolute atomic E-state index is 0.742. The molecule has 0 aromatic heterocycles. The third kappa shape index (κ3) is 15.0. The van der Waals surface area contributed by atoms with Crippen LogP contribution in [0.25, 0.3) is 0 Å². The van der Waals surface area contributed by atoms with Crippen LogP contribution in [0.1, 0.15) is 12.8 Å². The van der Waals surface area contributed by atoms with Gasteiger partial charge in [0.2, 0.25) is 0 Å². The van der Waals surface area contributed by atoms with Gasteiger partial charge in [0.25, 0.3) is 0 Å². The summed E-state index contributed by atoms with van der Waals surface area (Å²) in [6.45, 7) is 0. The van der Waals surface area contributed by atoms with E-state index >= 15 is 0 Å². The van der Waals surface area contributed by atoms with E-state index in [1.807, 2.05) is 0 Å². The second kappa shape index (κ2) is 26.9. The first kappa shape index (κ1) is 46.2. The summed E-state index contributed by atoms with van der Waals surface area (Å²) < 4.78 is 17.1. The summed E-state index contributed by atoms with van der Waals surface area (Å²) in [5.41, 5.74) is 0. The van der Waals surface area contributed by atoms with Gasteiger partial charge in [-0.1, -0.05) is 146 Å². The van der Waals surface area contributed by atoms with Gasteiger partial charge in [-0.2, -0.15) is 0 Å². The molecule has 0 N–H and O–H groups in total. The van der Waals surface area contributed by atoms with Gasteiger partial charge < -0.3 is 0 Å². The van der Waals surface area contributed by atoms with Crippen LogP contribution in [0.2, 0.25) is 0 Å². The predicted octanol–water partition coefficient (Wildman–Crippen LogP) is 9.97. The van der Waals surface area contributed by atoms with E-state index < -0.39 is 49.6 Å². The second-order valence-corrected chi connectivity index (χ2v) is 25.5. The van der Waals surface area contributed by atoms with Crippen LogP contribution in [0, 0.1) is 0 Å². The average Bonchev–Trinajstić information content (AvgIpc) is 3.34. The number of rotatable bonds is 16. The van der Waals surface area contributed by atoms with Crippen molar-refractivity contribution >= 4 is 74.1 Å². The first-order chi connectivity index (χ1) is 30.2. The molecule has 0 fully saturated rings. The monoisotopic (exact) mass is 1050 g/mol. The normalized spacial score (nSPS) is 10.8. The van der Waals surface area contributed by atoms with Crippen LogP contribution in [-0.2, 0) is 24.8 Å². The quantitative estimate of drug-likeness (QED) is 0.0905. The van der Waals surface area contributed by atoms with E-state index in [-0.39, 0.29) is 0 Å². The van der Waals surface area contributed by atoms with Crippen molar-refractivity contribution in [2.75, 3.05) is 24.6 Å². The Morgan fingerprint density at radius 3 is 0.459 bits per heavy atom. The fourth-order valence-electron chi connectivity index (χ4n) is 7.82. The largest absolute Gasteiger partial charge is 0.0966 e. The first-order valence-corrected chi connectivity index (χ1v) is 30.1. The topological polar surface area (TPSA) is 34.1 Å². The molecule has 0 bridgehead atoms. The van der Waals surface area contributed by atoms with E-state index in [9.17, 15) is 0 Å². The molecule has 2 nitrogen and oxygen atoms in total. The maximum atomic E-state index is 8.53. The van der Waals surface area contributed by atoms with E-state index in [1.165, 1.54) is 79.9 Å². The predicted molar refractivity (Wildman–Crippen MR) is 272 cm³/mol. The van der Waals surface area contributed by atoms with Crippen molar-refractivity contribution in [3.8, 4) is 0 Å². The molecule has 0 saturated carbocycles. The summed E-state index contributed by atoms with van der Waals surface area (Å²) in [5.74, 6) is 0. The van der Waals surface area contributed by atoms with Gasteiger partial charge in [0.15, 0.2) is 0 Å². The van der Waals surface area contributed by atoms with E-state index in [0.717, 1.165) is 0 Å². The molecule has 61 heavy (non-hydrogen) atoms. The molecular formula is C54H56O2P4Re+4. The molecule has 0 spiro atoms. The van der Waals surface area contributed by atoms with Crippen LogP contribution in [0.5, 0.6) is 0 Å². The van der Waals surface area contributed by atoms with Gasteiger partial charge in [0.05, 0.1) is 98.8 Å². The molecule has 0 atom stereocenters. The fourth-order valence-corrected chi connectivity index (χ4v) is 19.0. The maximum Gasteiger partial charge on any atom is 0.0966 e. The molecule has 0 radical (unpaired) electrons. The Labute approximate surface area is 376 Å². The molecule has 0 heterocycles. The van der Waals surface area contributed by atoms with Crippen molar-refractivity contribution in [1.29, 1.82) is 0 Å². The molecule has 307 valence electrons. The second-order valence-electron chi connectivity index (χ2n) is 14.6. The molecule has 0 unspecified atom stereocenters. The molecule has 0 aliphatic heterocycles. The summed E-state index contributed by atoms with van der Waals surface area (Å²) in [6, 6.07) is 89.1.